The quantitative estimate of drug-likeness (QED) is 0.0315. The van der Waals surface area contributed by atoms with Gasteiger partial charge in [0, 0.05) is 57.1 Å². The molecule has 2 aliphatic rings. The van der Waals surface area contributed by atoms with Crippen molar-refractivity contribution in [3.8, 4) is 38.4 Å². The Morgan fingerprint density at radius 2 is 1.09 bits per heavy atom. The number of hydrogen-bond acceptors (Lipinski definition) is 10. The van der Waals surface area contributed by atoms with Gasteiger partial charge in [-0.25, -0.2) is 0 Å². The van der Waals surface area contributed by atoms with E-state index in [0.29, 0.717) is 5.57 Å². The molecule has 0 atom stereocenters. The zero-order chi connectivity index (χ0) is 52.5. The van der Waals surface area contributed by atoms with Crippen LogP contribution in [0.2, 0.25) is 0 Å². The van der Waals surface area contributed by atoms with Crippen molar-refractivity contribution in [1.29, 1.82) is 15.8 Å². The van der Waals surface area contributed by atoms with Gasteiger partial charge < -0.3 is 14.5 Å². The molecule has 0 aliphatic carbocycles. The molecule has 7 rings (SSSR count). The molecular formula is C64H85N5OS4. The van der Waals surface area contributed by atoms with Crippen molar-refractivity contribution in [3.63, 3.8) is 0 Å². The highest BCUT2D eigenvalue weighted by Crippen LogP contribution is 2.63. The van der Waals surface area contributed by atoms with Crippen LogP contribution in [0.4, 0.5) is 11.4 Å². The van der Waals surface area contributed by atoms with Crippen LogP contribution in [0.15, 0.2) is 65.0 Å². The first-order chi connectivity index (χ1) is 36.0. The Labute approximate surface area is 462 Å². The molecular weight excluding hydrogens is 983 g/mol. The maximum atomic E-state index is 10.3. The Kier molecular flexibility index (Phi) is 21.8. The lowest BCUT2D eigenvalue weighted by Crippen LogP contribution is -2.46. The molecule has 0 radical (unpaired) electrons. The van der Waals surface area contributed by atoms with E-state index in [0.717, 1.165) is 17.7 Å². The second kappa shape index (κ2) is 28.1. The Bertz CT molecular complexity index is 2780. The minimum Gasteiger partial charge on any atom is -0.480 e. The third-order valence-electron chi connectivity index (χ3n) is 15.9. The van der Waals surface area contributed by atoms with Gasteiger partial charge in [0.2, 0.25) is 0 Å². The van der Waals surface area contributed by atoms with Gasteiger partial charge >= 0.3 is 0 Å². The minimum atomic E-state index is -0.859. The first-order valence-corrected chi connectivity index (χ1v) is 32.0. The molecule has 0 saturated heterocycles. The summed E-state index contributed by atoms with van der Waals surface area (Å²) in [5, 5.41) is 29.6. The van der Waals surface area contributed by atoms with E-state index >= 15 is 0 Å². The molecule has 74 heavy (non-hydrogen) atoms. The number of nitrogens with zero attached hydrogens (tertiary/aromatic N) is 5. The zero-order valence-corrected chi connectivity index (χ0v) is 49.5. The highest BCUT2D eigenvalue weighted by molar-refractivity contribution is 7.35. The van der Waals surface area contributed by atoms with Crippen LogP contribution in [0.5, 0.6) is 0 Å². The van der Waals surface area contributed by atoms with E-state index in [1.807, 2.05) is 77.4 Å². The molecule has 0 unspecified atom stereocenters. The summed E-state index contributed by atoms with van der Waals surface area (Å²) < 4.78 is 11.7. The summed E-state index contributed by atoms with van der Waals surface area (Å²) in [6.07, 6.45) is 41.7. The number of unbranched alkanes of at least 4 members (excludes halogenated alkanes) is 24. The summed E-state index contributed by atoms with van der Waals surface area (Å²) in [6.45, 7) is 8.39. The van der Waals surface area contributed by atoms with Crippen LogP contribution in [-0.2, 0) is 10.3 Å². The number of anilines is 2. The SMILES string of the molecule is CCCCCCCCCCCCCCCC1(CCCCCCCCCCCCCCC)c2c(sc3cc(-c4ccc(N(C)C)cc4)sc23)-c2sc3cc(/C=C/C4=C(C#N)C(=C(C#N)C#N)OC4(C)C)sc3c2N1C. The molecule has 10 heteroatoms. The molecule has 1 aromatic carbocycles. The maximum Gasteiger partial charge on any atom is 0.172 e. The molecule has 0 saturated carbocycles. The van der Waals surface area contributed by atoms with Crippen molar-refractivity contribution in [2.45, 2.75) is 219 Å². The average molecular weight is 1070 g/mol. The summed E-state index contributed by atoms with van der Waals surface area (Å²) in [7, 11) is 6.66. The molecule has 2 aliphatic heterocycles. The topological polar surface area (TPSA) is 87.1 Å². The number of allylic oxidation sites excluding steroid dienone is 2. The lowest BCUT2D eigenvalue weighted by Gasteiger charge is -2.47. The van der Waals surface area contributed by atoms with Crippen molar-refractivity contribution < 1.29 is 4.74 Å². The highest BCUT2D eigenvalue weighted by atomic mass is 32.1. The molecule has 4 aromatic heterocycles. The first-order valence-electron chi connectivity index (χ1n) is 28.7. The molecule has 6 nitrogen and oxygen atoms in total. The van der Waals surface area contributed by atoms with Gasteiger partial charge in [-0.05, 0) is 62.6 Å². The van der Waals surface area contributed by atoms with Gasteiger partial charge in [-0.2, -0.15) is 15.8 Å². The van der Waals surface area contributed by atoms with Crippen molar-refractivity contribution in [2.75, 3.05) is 30.9 Å². The Morgan fingerprint density at radius 1 is 0.608 bits per heavy atom. The number of rotatable bonds is 32. The van der Waals surface area contributed by atoms with Crippen LogP contribution in [0.1, 0.15) is 218 Å². The number of benzene rings is 1. The van der Waals surface area contributed by atoms with Crippen LogP contribution in [0.3, 0.4) is 0 Å². The van der Waals surface area contributed by atoms with E-state index in [1.165, 1.54) is 217 Å². The van der Waals surface area contributed by atoms with Crippen molar-refractivity contribution >= 4 is 81.6 Å². The van der Waals surface area contributed by atoms with Crippen LogP contribution in [0.25, 0.3) is 45.1 Å². The fraction of sp³-hybridized carbons (Fsp3) is 0.578. The van der Waals surface area contributed by atoms with Crippen LogP contribution in [0, 0.1) is 34.0 Å². The Balaban J connectivity index is 1.18. The molecule has 0 fully saturated rings. The lowest BCUT2D eigenvalue weighted by molar-refractivity contribution is 0.0954. The normalized spacial score (nSPS) is 14.7. The van der Waals surface area contributed by atoms with Crippen molar-refractivity contribution in [1.82, 2.24) is 0 Å². The molecule has 6 heterocycles. The molecule has 0 spiro atoms. The highest BCUT2D eigenvalue weighted by Gasteiger charge is 2.47. The van der Waals surface area contributed by atoms with Gasteiger partial charge in [0.05, 0.1) is 30.4 Å². The summed E-state index contributed by atoms with van der Waals surface area (Å²) in [4.78, 5) is 10.3. The zero-order valence-electron chi connectivity index (χ0n) is 46.2. The van der Waals surface area contributed by atoms with Crippen LogP contribution in [-0.4, -0.2) is 26.7 Å². The van der Waals surface area contributed by atoms with Gasteiger partial charge in [0.25, 0.3) is 0 Å². The van der Waals surface area contributed by atoms with Crippen molar-refractivity contribution in [3.05, 3.63) is 75.4 Å². The first kappa shape index (κ1) is 57.3. The minimum absolute atomic E-state index is 0.0781. The lowest BCUT2D eigenvalue weighted by atomic mass is 9.76. The van der Waals surface area contributed by atoms with E-state index < -0.39 is 5.60 Å². The molecule has 0 amide bonds. The van der Waals surface area contributed by atoms with Gasteiger partial charge in [-0.1, -0.05) is 199 Å². The summed E-state index contributed by atoms with van der Waals surface area (Å²) in [5.74, 6) is 0.0781. The van der Waals surface area contributed by atoms with Crippen LogP contribution < -0.4 is 9.80 Å². The third kappa shape index (κ3) is 13.8. The van der Waals surface area contributed by atoms with Gasteiger partial charge in [0.15, 0.2) is 11.3 Å². The molecule has 0 N–H and O–H groups in total. The monoisotopic (exact) mass is 1070 g/mol. The second-order valence-corrected chi connectivity index (χ2v) is 26.3. The van der Waals surface area contributed by atoms with E-state index in [2.05, 4.69) is 93.3 Å². The van der Waals surface area contributed by atoms with Gasteiger partial charge in [-0.3, -0.25) is 0 Å². The summed E-state index contributed by atoms with van der Waals surface area (Å²) >= 11 is 7.82. The van der Waals surface area contributed by atoms with Gasteiger partial charge in [-0.15, -0.1) is 45.3 Å². The van der Waals surface area contributed by atoms with E-state index in [1.54, 1.807) is 5.56 Å². The number of fused-ring (bicyclic) bond motifs is 7. The summed E-state index contributed by atoms with van der Waals surface area (Å²) in [6, 6.07) is 20.0. The predicted molar refractivity (Wildman–Crippen MR) is 324 cm³/mol. The van der Waals surface area contributed by atoms with E-state index in [4.69, 9.17) is 4.74 Å². The maximum absolute atomic E-state index is 10.3. The predicted octanol–water partition coefficient (Wildman–Crippen LogP) is 21.2. The van der Waals surface area contributed by atoms with Gasteiger partial charge in [0.1, 0.15) is 29.4 Å². The van der Waals surface area contributed by atoms with Crippen LogP contribution >= 0.6 is 45.3 Å². The Morgan fingerprint density at radius 3 is 1.58 bits per heavy atom. The molecule has 0 bridgehead atoms. The number of hydrogen-bond donors (Lipinski definition) is 0. The number of ether oxygens (including phenoxy) is 1. The standard InChI is InChI=1S/C64H85N5OS4/c1-8-10-12-14-16-18-20-22-24-26-28-30-32-40-64(41-33-31-29-27-25-23-21-19-17-15-13-11-9-2)56-59-55(43-53(72-59)47-34-36-49(37-35-47)68(5)6)73-61(56)62-57(69(64)7)60-54(74-62)42-50(71-60)38-39-52-51(46-67)58(48(44-65)45-66)70-63(52,3)4/h34-39,42-43H,8-33,40-41H2,1-7H3/b39-38+. The summed E-state index contributed by atoms with van der Waals surface area (Å²) in [5.41, 5.74) is 5.28. The smallest absolute Gasteiger partial charge is 0.172 e. The second-order valence-electron chi connectivity index (χ2n) is 22.0. The number of nitriles is 3. The average Bonchev–Trinajstić information content (AvgIpc) is 4.21. The fourth-order valence-electron chi connectivity index (χ4n) is 11.6. The largest absolute Gasteiger partial charge is 0.480 e. The Hall–Kier alpha value is -4.37. The van der Waals surface area contributed by atoms with Crippen molar-refractivity contribution in [2.24, 2.45) is 0 Å². The van der Waals surface area contributed by atoms with E-state index in [9.17, 15) is 15.8 Å². The number of thiophene rings is 4. The molecule has 5 aromatic rings. The molecule has 396 valence electrons. The van der Waals surface area contributed by atoms with E-state index in [-0.39, 0.29) is 22.4 Å². The fourth-order valence-corrected chi connectivity index (χ4v) is 17.2. The third-order valence-corrected chi connectivity index (χ3v) is 20.9.